The fourth-order valence-electron chi connectivity index (χ4n) is 3.69. The van der Waals surface area contributed by atoms with Gasteiger partial charge in [-0.3, -0.25) is 4.79 Å². The summed E-state index contributed by atoms with van der Waals surface area (Å²) in [5.41, 5.74) is 0.913. The van der Waals surface area contributed by atoms with Gasteiger partial charge in [-0.05, 0) is 69.8 Å². The van der Waals surface area contributed by atoms with Crippen LogP contribution < -0.4 is 15.4 Å². The van der Waals surface area contributed by atoms with Gasteiger partial charge in [-0.15, -0.1) is 17.5 Å². The van der Waals surface area contributed by atoms with Crippen molar-refractivity contribution in [2.45, 2.75) is 50.7 Å². The first-order valence-electron chi connectivity index (χ1n) is 9.59. The number of nitrogens with zero attached hydrogens (tertiary/aromatic N) is 3. The Morgan fingerprint density at radius 3 is 2.68 bits per heavy atom. The number of rotatable bonds is 5. The first-order chi connectivity index (χ1) is 13.2. The van der Waals surface area contributed by atoms with Crippen LogP contribution in [0.25, 0.3) is 0 Å². The lowest BCUT2D eigenvalue weighted by atomic mass is 10.1. The first-order valence-corrected chi connectivity index (χ1v) is 9.97. The maximum atomic E-state index is 12.5. The summed E-state index contributed by atoms with van der Waals surface area (Å²) in [6.07, 6.45) is 8.48. The van der Waals surface area contributed by atoms with E-state index in [-0.39, 0.29) is 24.4 Å². The second-order valence-electron chi connectivity index (χ2n) is 7.19. The predicted molar refractivity (Wildman–Crippen MR) is 111 cm³/mol. The standard InChI is InChI=1S/C19H24ClN5O2.ClH/c20-16-11-13(5-6-18(16)27-15-3-1-2-4-15)22-19(26)17-12-25(24-23-17)14-7-9-21-10-8-14;/h5-6,11-12,14-15,21H,1-4,7-10H2,(H,22,26);1H. The Labute approximate surface area is 175 Å². The minimum Gasteiger partial charge on any atom is -0.489 e. The van der Waals surface area contributed by atoms with Crippen molar-refractivity contribution in [3.63, 3.8) is 0 Å². The van der Waals surface area contributed by atoms with E-state index in [0.29, 0.717) is 28.2 Å². The van der Waals surface area contributed by atoms with Crippen molar-refractivity contribution in [3.05, 3.63) is 35.1 Å². The van der Waals surface area contributed by atoms with Gasteiger partial charge >= 0.3 is 0 Å². The number of aromatic nitrogens is 3. The number of benzene rings is 1. The van der Waals surface area contributed by atoms with Crippen LogP contribution in [0.4, 0.5) is 5.69 Å². The average molecular weight is 426 g/mol. The Morgan fingerprint density at radius 1 is 1.21 bits per heavy atom. The Hall–Kier alpha value is -1.83. The number of hydrogen-bond acceptors (Lipinski definition) is 5. The summed E-state index contributed by atoms with van der Waals surface area (Å²) in [5, 5.41) is 14.8. The molecule has 0 radical (unpaired) electrons. The number of carbonyl (C=O) groups excluding carboxylic acids is 1. The van der Waals surface area contributed by atoms with Gasteiger partial charge in [0.2, 0.25) is 0 Å². The van der Waals surface area contributed by atoms with Gasteiger partial charge in [0.15, 0.2) is 5.69 Å². The van der Waals surface area contributed by atoms with Crippen LogP contribution in [0, 0.1) is 0 Å². The van der Waals surface area contributed by atoms with Crippen LogP contribution in [-0.2, 0) is 0 Å². The van der Waals surface area contributed by atoms with Gasteiger partial charge in [-0.2, -0.15) is 0 Å². The summed E-state index contributed by atoms with van der Waals surface area (Å²) in [4.78, 5) is 12.5. The van der Waals surface area contributed by atoms with E-state index in [9.17, 15) is 4.79 Å². The van der Waals surface area contributed by atoms with E-state index in [2.05, 4.69) is 20.9 Å². The van der Waals surface area contributed by atoms with Crippen LogP contribution in [0.1, 0.15) is 55.1 Å². The molecule has 1 aromatic carbocycles. The zero-order valence-electron chi connectivity index (χ0n) is 15.6. The third-order valence-corrected chi connectivity index (χ3v) is 5.51. The zero-order valence-corrected chi connectivity index (χ0v) is 17.1. The van der Waals surface area contributed by atoms with Gasteiger partial charge in [0.1, 0.15) is 5.75 Å². The maximum absolute atomic E-state index is 12.5. The van der Waals surface area contributed by atoms with Crippen LogP contribution in [0.5, 0.6) is 5.75 Å². The van der Waals surface area contributed by atoms with Crippen molar-refractivity contribution < 1.29 is 9.53 Å². The van der Waals surface area contributed by atoms with Crippen molar-refractivity contribution in [2.75, 3.05) is 18.4 Å². The minimum absolute atomic E-state index is 0. The average Bonchev–Trinajstić information content (AvgIpc) is 3.37. The molecule has 1 aromatic heterocycles. The van der Waals surface area contributed by atoms with E-state index < -0.39 is 0 Å². The topological polar surface area (TPSA) is 81.1 Å². The second-order valence-corrected chi connectivity index (χ2v) is 7.60. The second kappa shape index (κ2) is 9.58. The number of piperidine rings is 1. The number of ether oxygens (including phenoxy) is 1. The molecule has 2 N–H and O–H groups in total. The third kappa shape index (κ3) is 4.96. The monoisotopic (exact) mass is 425 g/mol. The van der Waals surface area contributed by atoms with Crippen molar-refractivity contribution in [3.8, 4) is 5.75 Å². The number of nitrogens with one attached hydrogen (secondary N) is 2. The molecule has 2 aliphatic rings. The van der Waals surface area contributed by atoms with E-state index >= 15 is 0 Å². The molecular weight excluding hydrogens is 401 g/mol. The molecule has 4 rings (SSSR count). The van der Waals surface area contributed by atoms with Gasteiger partial charge in [0.25, 0.3) is 5.91 Å². The highest BCUT2D eigenvalue weighted by molar-refractivity contribution is 6.32. The van der Waals surface area contributed by atoms with Crippen molar-refractivity contribution in [2.24, 2.45) is 0 Å². The summed E-state index contributed by atoms with van der Waals surface area (Å²) < 4.78 is 7.74. The number of carbonyl (C=O) groups is 1. The lowest BCUT2D eigenvalue weighted by Crippen LogP contribution is -2.29. The molecule has 9 heteroatoms. The smallest absolute Gasteiger partial charge is 0.277 e. The molecule has 1 aliphatic heterocycles. The molecule has 2 aromatic rings. The molecule has 0 bridgehead atoms. The first kappa shape index (κ1) is 20.9. The van der Waals surface area contributed by atoms with E-state index in [1.54, 1.807) is 23.0 Å². The highest BCUT2D eigenvalue weighted by Crippen LogP contribution is 2.31. The molecule has 2 heterocycles. The molecule has 0 atom stereocenters. The van der Waals surface area contributed by atoms with Gasteiger partial charge in [-0.25, -0.2) is 4.68 Å². The SMILES string of the molecule is Cl.O=C(Nc1ccc(OC2CCCC2)c(Cl)c1)c1cn(C2CCNCC2)nn1. The quantitative estimate of drug-likeness (QED) is 0.759. The fraction of sp³-hybridized carbons (Fsp3) is 0.526. The number of hydrogen-bond donors (Lipinski definition) is 2. The summed E-state index contributed by atoms with van der Waals surface area (Å²) >= 11 is 6.33. The summed E-state index contributed by atoms with van der Waals surface area (Å²) in [6, 6.07) is 5.61. The molecule has 152 valence electrons. The van der Waals surface area contributed by atoms with E-state index in [1.807, 2.05) is 6.07 Å². The summed E-state index contributed by atoms with van der Waals surface area (Å²) in [7, 11) is 0. The summed E-state index contributed by atoms with van der Waals surface area (Å²) in [5.74, 6) is 0.370. The maximum Gasteiger partial charge on any atom is 0.277 e. The fourth-order valence-corrected chi connectivity index (χ4v) is 3.91. The van der Waals surface area contributed by atoms with Crippen LogP contribution in [0.3, 0.4) is 0 Å². The van der Waals surface area contributed by atoms with Crippen molar-refractivity contribution >= 4 is 35.6 Å². The molecule has 1 aliphatic carbocycles. The Bertz CT molecular complexity index is 801. The normalized spacial score (nSPS) is 17.9. The van der Waals surface area contributed by atoms with E-state index in [4.69, 9.17) is 16.3 Å². The summed E-state index contributed by atoms with van der Waals surface area (Å²) in [6.45, 7) is 1.92. The van der Waals surface area contributed by atoms with Gasteiger partial charge in [-0.1, -0.05) is 16.8 Å². The number of anilines is 1. The largest absolute Gasteiger partial charge is 0.489 e. The van der Waals surface area contributed by atoms with E-state index in [1.165, 1.54) is 12.8 Å². The van der Waals surface area contributed by atoms with E-state index in [0.717, 1.165) is 38.8 Å². The van der Waals surface area contributed by atoms with Crippen LogP contribution >= 0.6 is 24.0 Å². The molecule has 0 spiro atoms. The Kier molecular flexibility index (Phi) is 7.15. The third-order valence-electron chi connectivity index (χ3n) is 5.21. The van der Waals surface area contributed by atoms with Gasteiger partial charge < -0.3 is 15.4 Å². The van der Waals surface area contributed by atoms with Gasteiger partial charge in [0, 0.05) is 5.69 Å². The molecule has 1 amide bonds. The zero-order chi connectivity index (χ0) is 18.6. The molecule has 7 nitrogen and oxygen atoms in total. The lowest BCUT2D eigenvalue weighted by Gasteiger charge is -2.22. The van der Waals surface area contributed by atoms with Crippen LogP contribution in [-0.4, -0.2) is 40.1 Å². The lowest BCUT2D eigenvalue weighted by molar-refractivity contribution is 0.102. The Morgan fingerprint density at radius 2 is 1.96 bits per heavy atom. The van der Waals surface area contributed by atoms with Crippen molar-refractivity contribution in [1.82, 2.24) is 20.3 Å². The molecule has 1 saturated heterocycles. The van der Waals surface area contributed by atoms with Gasteiger partial charge in [0.05, 0.1) is 23.4 Å². The number of halogens is 2. The highest BCUT2D eigenvalue weighted by atomic mass is 35.5. The number of amides is 1. The van der Waals surface area contributed by atoms with Crippen LogP contribution in [0.15, 0.2) is 24.4 Å². The molecular formula is C19H25Cl2N5O2. The Balaban J connectivity index is 0.00000225. The van der Waals surface area contributed by atoms with Crippen LogP contribution in [0.2, 0.25) is 5.02 Å². The highest BCUT2D eigenvalue weighted by Gasteiger charge is 2.20. The molecule has 28 heavy (non-hydrogen) atoms. The predicted octanol–water partition coefficient (Wildman–Crippen LogP) is 3.85. The van der Waals surface area contributed by atoms with Crippen molar-refractivity contribution in [1.29, 1.82) is 0 Å². The molecule has 0 unspecified atom stereocenters. The molecule has 2 fully saturated rings. The minimum atomic E-state index is -0.296. The molecule has 1 saturated carbocycles.